The second-order valence-corrected chi connectivity index (χ2v) is 6.83. The zero-order valence-electron chi connectivity index (χ0n) is 14.6. The summed E-state index contributed by atoms with van der Waals surface area (Å²) in [5, 5.41) is 17.7. The number of rotatable bonds is 5. The predicted octanol–water partition coefficient (Wildman–Crippen LogP) is 1.74. The molecule has 2 aromatic rings. The van der Waals surface area contributed by atoms with Crippen LogP contribution in [0.25, 0.3) is 10.8 Å². The number of aromatic nitrogens is 2. The van der Waals surface area contributed by atoms with E-state index in [1.165, 1.54) is 0 Å². The number of nitrogens with one attached hydrogen (secondary N) is 2. The van der Waals surface area contributed by atoms with E-state index < -0.39 is 6.09 Å². The Morgan fingerprint density at radius 2 is 2.19 bits per heavy atom. The number of carbonyl (C=O) groups excluding carboxylic acids is 1. The van der Waals surface area contributed by atoms with Crippen molar-refractivity contribution in [1.29, 1.82) is 5.26 Å². The monoisotopic (exact) mass is 368 g/mol. The molecule has 27 heavy (non-hydrogen) atoms. The Morgan fingerprint density at radius 1 is 1.33 bits per heavy atom. The third kappa shape index (κ3) is 3.85. The molecular formula is C18H20N6O3. The number of ether oxygens (including phenoxy) is 2. The second kappa shape index (κ2) is 7.25. The van der Waals surface area contributed by atoms with Gasteiger partial charge in [0.05, 0.1) is 12.6 Å². The first-order valence-electron chi connectivity index (χ1n) is 8.88. The molecule has 1 aliphatic heterocycles. The van der Waals surface area contributed by atoms with Crippen molar-refractivity contribution in [2.24, 2.45) is 5.73 Å². The van der Waals surface area contributed by atoms with E-state index in [4.69, 9.17) is 15.2 Å². The van der Waals surface area contributed by atoms with Crippen molar-refractivity contribution in [2.45, 2.75) is 37.5 Å². The maximum Gasteiger partial charge on any atom is 0.404 e. The molecule has 140 valence electrons. The Kier molecular flexibility index (Phi) is 4.64. The van der Waals surface area contributed by atoms with Gasteiger partial charge in [-0.3, -0.25) is 0 Å². The van der Waals surface area contributed by atoms with Gasteiger partial charge in [-0.05, 0) is 18.6 Å². The Morgan fingerprint density at radius 3 is 2.89 bits per heavy atom. The first kappa shape index (κ1) is 17.3. The van der Waals surface area contributed by atoms with E-state index >= 15 is 0 Å². The van der Waals surface area contributed by atoms with Crippen LogP contribution in [0, 0.1) is 11.3 Å². The van der Waals surface area contributed by atoms with Gasteiger partial charge in [0.2, 0.25) is 0 Å². The van der Waals surface area contributed by atoms with Crippen molar-refractivity contribution in [3.8, 4) is 6.07 Å². The van der Waals surface area contributed by atoms with E-state index in [0.29, 0.717) is 36.8 Å². The second-order valence-electron chi connectivity index (χ2n) is 6.83. The van der Waals surface area contributed by atoms with E-state index in [-0.39, 0.29) is 18.2 Å². The Balaban J connectivity index is 1.53. The first-order chi connectivity index (χ1) is 13.1. The highest BCUT2D eigenvalue weighted by Gasteiger charge is 2.32. The molecule has 1 saturated carbocycles. The van der Waals surface area contributed by atoms with Gasteiger partial charge in [0, 0.05) is 42.5 Å². The summed E-state index contributed by atoms with van der Waals surface area (Å²) >= 11 is 0. The molecule has 3 heterocycles. The van der Waals surface area contributed by atoms with Crippen molar-refractivity contribution in [3.63, 3.8) is 0 Å². The fraction of sp³-hybridized carbons (Fsp3) is 0.444. The van der Waals surface area contributed by atoms with Crippen LogP contribution in [-0.4, -0.2) is 47.5 Å². The number of primary amides is 1. The highest BCUT2D eigenvalue weighted by Crippen LogP contribution is 2.29. The Bertz CT molecular complexity index is 900. The largest absolute Gasteiger partial charge is 0.446 e. The van der Waals surface area contributed by atoms with Crippen LogP contribution in [0.4, 0.5) is 16.4 Å². The van der Waals surface area contributed by atoms with Crippen LogP contribution in [0.3, 0.4) is 0 Å². The van der Waals surface area contributed by atoms with Gasteiger partial charge < -0.3 is 25.8 Å². The van der Waals surface area contributed by atoms with Crippen molar-refractivity contribution in [1.82, 2.24) is 9.97 Å². The number of hydrogen-bond acceptors (Lipinski definition) is 8. The van der Waals surface area contributed by atoms with Gasteiger partial charge in [-0.1, -0.05) is 0 Å². The average Bonchev–Trinajstić information content (AvgIpc) is 3.12. The Labute approximate surface area is 155 Å². The minimum absolute atomic E-state index is 0.139. The third-order valence-corrected chi connectivity index (χ3v) is 4.83. The quantitative estimate of drug-likeness (QED) is 0.726. The molecule has 2 aliphatic rings. The van der Waals surface area contributed by atoms with E-state index in [0.717, 1.165) is 23.8 Å². The minimum Gasteiger partial charge on any atom is -0.446 e. The number of pyridine rings is 2. The number of nitrogens with two attached hydrogens (primary N) is 1. The summed E-state index contributed by atoms with van der Waals surface area (Å²) in [7, 11) is 0. The lowest BCUT2D eigenvalue weighted by Gasteiger charge is -2.34. The van der Waals surface area contributed by atoms with E-state index in [1.807, 2.05) is 6.07 Å². The van der Waals surface area contributed by atoms with Crippen molar-refractivity contribution < 1.29 is 14.3 Å². The summed E-state index contributed by atoms with van der Waals surface area (Å²) in [6.07, 6.45) is 3.14. The first-order valence-corrected chi connectivity index (χ1v) is 8.88. The summed E-state index contributed by atoms with van der Waals surface area (Å²) < 4.78 is 10.4. The molecule has 0 aromatic carbocycles. The normalized spacial score (nSPS) is 24.0. The van der Waals surface area contributed by atoms with Gasteiger partial charge in [-0.2, -0.15) is 5.26 Å². The SMILES string of the molecule is N#Cc1cc2cnc(NC3CC(OC(N)=O)C3)cc2c(N[C@@H]2CCOC2)n1. The molecule has 0 spiro atoms. The van der Waals surface area contributed by atoms with Crippen LogP contribution in [0.15, 0.2) is 18.3 Å². The van der Waals surface area contributed by atoms with Crippen molar-refractivity contribution in [3.05, 3.63) is 24.0 Å². The van der Waals surface area contributed by atoms with E-state index in [2.05, 4.69) is 26.7 Å². The number of nitrogens with zero attached hydrogens (tertiary/aromatic N) is 3. The van der Waals surface area contributed by atoms with Crippen LogP contribution in [-0.2, 0) is 9.47 Å². The topological polar surface area (TPSA) is 135 Å². The van der Waals surface area contributed by atoms with Crippen molar-refractivity contribution in [2.75, 3.05) is 23.8 Å². The summed E-state index contributed by atoms with van der Waals surface area (Å²) in [6.45, 7) is 1.34. The molecule has 0 unspecified atom stereocenters. The number of hydrogen-bond donors (Lipinski definition) is 3. The lowest BCUT2D eigenvalue weighted by Crippen LogP contribution is -2.42. The number of nitriles is 1. The molecule has 9 nitrogen and oxygen atoms in total. The molecular weight excluding hydrogens is 348 g/mol. The van der Waals surface area contributed by atoms with Gasteiger partial charge in [-0.15, -0.1) is 0 Å². The van der Waals surface area contributed by atoms with Crippen LogP contribution in [0.2, 0.25) is 0 Å². The van der Waals surface area contributed by atoms with Gasteiger partial charge >= 0.3 is 6.09 Å². The smallest absolute Gasteiger partial charge is 0.404 e. The van der Waals surface area contributed by atoms with Gasteiger partial charge in [0.25, 0.3) is 0 Å². The summed E-state index contributed by atoms with van der Waals surface area (Å²) in [4.78, 5) is 19.6. The van der Waals surface area contributed by atoms with Gasteiger partial charge in [0.1, 0.15) is 29.5 Å². The molecule has 1 aliphatic carbocycles. The lowest BCUT2D eigenvalue weighted by atomic mass is 9.89. The summed E-state index contributed by atoms with van der Waals surface area (Å²) in [6, 6.07) is 6.09. The van der Waals surface area contributed by atoms with Gasteiger partial charge in [-0.25, -0.2) is 14.8 Å². The average molecular weight is 368 g/mol. The fourth-order valence-corrected chi connectivity index (χ4v) is 3.39. The zero-order valence-corrected chi connectivity index (χ0v) is 14.6. The number of carbonyl (C=O) groups is 1. The summed E-state index contributed by atoms with van der Waals surface area (Å²) in [5.74, 6) is 1.37. The Hall–Kier alpha value is -3.12. The molecule has 0 bridgehead atoms. The van der Waals surface area contributed by atoms with Crippen LogP contribution >= 0.6 is 0 Å². The maximum absolute atomic E-state index is 10.8. The molecule has 9 heteroatoms. The molecule has 1 atom stereocenters. The van der Waals surface area contributed by atoms with Crippen LogP contribution < -0.4 is 16.4 Å². The van der Waals surface area contributed by atoms with Crippen molar-refractivity contribution >= 4 is 28.5 Å². The highest BCUT2D eigenvalue weighted by atomic mass is 16.6. The summed E-state index contributed by atoms with van der Waals surface area (Å²) in [5.41, 5.74) is 5.38. The molecule has 2 aromatic heterocycles. The molecule has 1 saturated heterocycles. The van der Waals surface area contributed by atoms with Crippen LogP contribution in [0.5, 0.6) is 0 Å². The maximum atomic E-state index is 10.8. The van der Waals surface area contributed by atoms with E-state index in [9.17, 15) is 10.1 Å². The minimum atomic E-state index is -0.742. The molecule has 1 amide bonds. The highest BCUT2D eigenvalue weighted by molar-refractivity contribution is 5.93. The molecule has 4 N–H and O–H groups in total. The lowest BCUT2D eigenvalue weighted by molar-refractivity contribution is 0.0517. The molecule has 0 radical (unpaired) electrons. The van der Waals surface area contributed by atoms with Gasteiger partial charge in [0.15, 0.2) is 0 Å². The number of amides is 1. The third-order valence-electron chi connectivity index (χ3n) is 4.83. The standard InChI is InChI=1S/C18H20N6O3/c19-7-13-3-10-8-21-16(22-12-4-14(5-12)27-18(20)25)6-15(10)17(24-13)23-11-1-2-26-9-11/h3,6,8,11-12,14H,1-2,4-5,9H2,(H2,20,25)(H,21,22)(H,23,24)/t11-,12?,14?/m1/s1. The predicted molar refractivity (Wildman–Crippen MR) is 98.2 cm³/mol. The number of anilines is 2. The molecule has 2 fully saturated rings. The zero-order chi connectivity index (χ0) is 18.8. The van der Waals surface area contributed by atoms with E-state index in [1.54, 1.807) is 12.3 Å². The number of fused-ring (bicyclic) bond motifs is 1. The van der Waals surface area contributed by atoms with Crippen LogP contribution in [0.1, 0.15) is 25.0 Å². The fourth-order valence-electron chi connectivity index (χ4n) is 3.39. The molecule has 4 rings (SSSR count).